The molecule has 0 spiro atoms. The first kappa shape index (κ1) is 12.4. The maximum atomic E-state index is 11.8. The molecular formula is C16H16O2. The third-order valence-electron chi connectivity index (χ3n) is 2.84. The molecule has 0 aliphatic heterocycles. The van der Waals surface area contributed by atoms with Gasteiger partial charge in [0.15, 0.2) is 0 Å². The van der Waals surface area contributed by atoms with Crippen molar-refractivity contribution in [3.63, 3.8) is 0 Å². The normalized spacial score (nSPS) is 11.8. The minimum Gasteiger partial charge on any atom is -0.461 e. The first-order valence-corrected chi connectivity index (χ1v) is 6.04. The van der Waals surface area contributed by atoms with Gasteiger partial charge in [-0.2, -0.15) is 0 Å². The molecule has 2 heteroatoms. The fraction of sp³-hybridized carbons (Fsp3) is 0.188. The molecule has 2 rings (SSSR count). The van der Waals surface area contributed by atoms with Crippen molar-refractivity contribution in [2.24, 2.45) is 0 Å². The topological polar surface area (TPSA) is 26.3 Å². The Morgan fingerprint density at radius 3 is 2.17 bits per heavy atom. The van der Waals surface area contributed by atoms with Crippen LogP contribution < -0.4 is 0 Å². The van der Waals surface area contributed by atoms with E-state index in [4.69, 9.17) is 4.74 Å². The molecule has 0 bridgehead atoms. The molecule has 0 N–H and O–H groups in total. The summed E-state index contributed by atoms with van der Waals surface area (Å²) >= 11 is 0. The van der Waals surface area contributed by atoms with Crippen molar-refractivity contribution in [2.75, 3.05) is 6.61 Å². The molecule has 0 aliphatic carbocycles. The summed E-state index contributed by atoms with van der Waals surface area (Å²) in [5.41, 5.74) is 1.77. The van der Waals surface area contributed by atoms with E-state index in [1.54, 1.807) is 12.1 Å². The van der Waals surface area contributed by atoms with Gasteiger partial charge in [-0.25, -0.2) is 4.79 Å². The molecule has 0 aromatic heterocycles. The Kier molecular flexibility index (Phi) is 4.13. The zero-order chi connectivity index (χ0) is 12.8. The molecule has 0 unspecified atom stereocenters. The third kappa shape index (κ3) is 3.20. The first-order chi connectivity index (χ1) is 8.77. The lowest BCUT2D eigenvalue weighted by Crippen LogP contribution is -2.11. The van der Waals surface area contributed by atoms with Crippen molar-refractivity contribution in [1.82, 2.24) is 0 Å². The smallest absolute Gasteiger partial charge is 0.338 e. The second kappa shape index (κ2) is 6.01. The number of rotatable bonds is 4. The van der Waals surface area contributed by atoms with Crippen LogP contribution in [0.5, 0.6) is 0 Å². The second-order valence-electron chi connectivity index (χ2n) is 4.28. The highest BCUT2D eigenvalue weighted by Crippen LogP contribution is 2.15. The van der Waals surface area contributed by atoms with E-state index in [1.165, 1.54) is 5.56 Å². The van der Waals surface area contributed by atoms with Crippen LogP contribution in [0.1, 0.15) is 28.8 Å². The van der Waals surface area contributed by atoms with Gasteiger partial charge in [-0.3, -0.25) is 0 Å². The van der Waals surface area contributed by atoms with Crippen LogP contribution in [0.25, 0.3) is 0 Å². The van der Waals surface area contributed by atoms with Gasteiger partial charge in [0.25, 0.3) is 0 Å². The summed E-state index contributed by atoms with van der Waals surface area (Å²) in [4.78, 5) is 11.8. The molecule has 0 fully saturated rings. The number of carbonyl (C=O) groups is 1. The van der Waals surface area contributed by atoms with E-state index in [0.29, 0.717) is 12.2 Å². The standard InChI is InChI=1S/C16H16O2/c1-13(14-8-4-2-5-9-14)12-18-16(17)15-10-6-3-7-11-15/h2-11,13H,12H2,1H3/t13-/m0/s1. The molecule has 0 heterocycles. The molecule has 0 saturated carbocycles. The van der Waals surface area contributed by atoms with Gasteiger partial charge in [-0.05, 0) is 17.7 Å². The van der Waals surface area contributed by atoms with Gasteiger partial charge in [-0.1, -0.05) is 55.5 Å². The fourth-order valence-electron chi connectivity index (χ4n) is 1.74. The Bertz CT molecular complexity index is 491. The van der Waals surface area contributed by atoms with E-state index in [-0.39, 0.29) is 11.9 Å². The lowest BCUT2D eigenvalue weighted by Gasteiger charge is -2.12. The summed E-state index contributed by atoms with van der Waals surface area (Å²) in [6, 6.07) is 19.1. The zero-order valence-corrected chi connectivity index (χ0v) is 10.4. The van der Waals surface area contributed by atoms with Crippen LogP contribution in [0.4, 0.5) is 0 Å². The minimum atomic E-state index is -0.265. The highest BCUT2D eigenvalue weighted by atomic mass is 16.5. The number of esters is 1. The van der Waals surface area contributed by atoms with E-state index in [1.807, 2.05) is 55.5 Å². The van der Waals surface area contributed by atoms with Crippen molar-refractivity contribution in [3.05, 3.63) is 71.8 Å². The number of benzene rings is 2. The maximum absolute atomic E-state index is 11.8. The molecule has 2 aromatic rings. The molecule has 1 atom stereocenters. The Morgan fingerprint density at radius 2 is 1.56 bits per heavy atom. The molecule has 18 heavy (non-hydrogen) atoms. The van der Waals surface area contributed by atoms with Gasteiger partial charge in [0, 0.05) is 5.92 Å². The molecule has 2 aromatic carbocycles. The predicted molar refractivity (Wildman–Crippen MR) is 71.6 cm³/mol. The zero-order valence-electron chi connectivity index (χ0n) is 10.4. The summed E-state index contributed by atoms with van der Waals surface area (Å²) in [7, 11) is 0. The average molecular weight is 240 g/mol. The lowest BCUT2D eigenvalue weighted by molar-refractivity contribution is 0.0485. The monoisotopic (exact) mass is 240 g/mol. The molecule has 0 amide bonds. The molecule has 0 saturated heterocycles. The molecule has 0 aliphatic rings. The van der Waals surface area contributed by atoms with Crippen molar-refractivity contribution in [1.29, 1.82) is 0 Å². The number of hydrogen-bond acceptors (Lipinski definition) is 2. The Morgan fingerprint density at radius 1 is 1.00 bits per heavy atom. The van der Waals surface area contributed by atoms with Crippen LogP contribution in [0.3, 0.4) is 0 Å². The lowest BCUT2D eigenvalue weighted by atomic mass is 10.0. The van der Waals surface area contributed by atoms with Gasteiger partial charge >= 0.3 is 5.97 Å². The summed E-state index contributed by atoms with van der Waals surface area (Å²) in [6.07, 6.45) is 0. The quantitative estimate of drug-likeness (QED) is 0.762. The summed E-state index contributed by atoms with van der Waals surface area (Å²) in [6.45, 7) is 2.45. The van der Waals surface area contributed by atoms with Gasteiger partial charge < -0.3 is 4.74 Å². The average Bonchev–Trinajstić information content (AvgIpc) is 2.46. The van der Waals surface area contributed by atoms with Crippen molar-refractivity contribution >= 4 is 5.97 Å². The maximum Gasteiger partial charge on any atom is 0.338 e. The van der Waals surface area contributed by atoms with E-state index in [9.17, 15) is 4.79 Å². The van der Waals surface area contributed by atoms with E-state index in [2.05, 4.69) is 0 Å². The van der Waals surface area contributed by atoms with Crippen LogP contribution >= 0.6 is 0 Å². The van der Waals surface area contributed by atoms with Crippen LogP contribution in [0.15, 0.2) is 60.7 Å². The van der Waals surface area contributed by atoms with Crippen molar-refractivity contribution in [2.45, 2.75) is 12.8 Å². The van der Waals surface area contributed by atoms with E-state index >= 15 is 0 Å². The summed E-state index contributed by atoms with van der Waals surface area (Å²) in [5.74, 6) is -0.0581. The van der Waals surface area contributed by atoms with E-state index < -0.39 is 0 Å². The Hall–Kier alpha value is -2.09. The third-order valence-corrected chi connectivity index (χ3v) is 2.84. The van der Waals surface area contributed by atoms with Gasteiger partial charge in [0.05, 0.1) is 12.2 Å². The van der Waals surface area contributed by atoms with Crippen molar-refractivity contribution < 1.29 is 9.53 Å². The highest BCUT2D eigenvalue weighted by Gasteiger charge is 2.10. The van der Waals surface area contributed by atoms with Crippen LogP contribution in [0, 0.1) is 0 Å². The second-order valence-corrected chi connectivity index (χ2v) is 4.28. The van der Waals surface area contributed by atoms with E-state index in [0.717, 1.165) is 0 Å². The number of hydrogen-bond donors (Lipinski definition) is 0. The Labute approximate surface area is 107 Å². The predicted octanol–water partition coefficient (Wildman–Crippen LogP) is 3.65. The first-order valence-electron chi connectivity index (χ1n) is 6.04. The Balaban J connectivity index is 1.91. The van der Waals surface area contributed by atoms with Gasteiger partial charge in [0.2, 0.25) is 0 Å². The van der Waals surface area contributed by atoms with Crippen LogP contribution in [0.2, 0.25) is 0 Å². The SMILES string of the molecule is C[C@@H](COC(=O)c1ccccc1)c1ccccc1. The minimum absolute atomic E-state index is 0.207. The molecule has 0 radical (unpaired) electrons. The van der Waals surface area contributed by atoms with Crippen LogP contribution in [-0.2, 0) is 4.74 Å². The summed E-state index contributed by atoms with van der Waals surface area (Å²) < 4.78 is 5.31. The number of carbonyl (C=O) groups excluding carboxylic acids is 1. The largest absolute Gasteiger partial charge is 0.461 e. The summed E-state index contributed by atoms with van der Waals surface area (Å²) in [5, 5.41) is 0. The fourth-order valence-corrected chi connectivity index (χ4v) is 1.74. The van der Waals surface area contributed by atoms with Crippen LogP contribution in [-0.4, -0.2) is 12.6 Å². The van der Waals surface area contributed by atoms with Crippen molar-refractivity contribution in [3.8, 4) is 0 Å². The molecule has 92 valence electrons. The highest BCUT2D eigenvalue weighted by molar-refractivity contribution is 5.89. The van der Waals surface area contributed by atoms with Gasteiger partial charge in [0.1, 0.15) is 0 Å². The molecular weight excluding hydrogens is 224 g/mol. The molecule has 2 nitrogen and oxygen atoms in total. The van der Waals surface area contributed by atoms with Gasteiger partial charge in [-0.15, -0.1) is 0 Å². The number of ether oxygens (including phenoxy) is 1.